The van der Waals surface area contributed by atoms with Gasteiger partial charge in [0.05, 0.1) is 18.8 Å². The number of nitrogens with one attached hydrogen (secondary N) is 1. The van der Waals surface area contributed by atoms with Gasteiger partial charge in [-0.15, -0.1) is 0 Å². The van der Waals surface area contributed by atoms with Crippen molar-refractivity contribution >= 4 is 25.6 Å². The van der Waals surface area contributed by atoms with Crippen LogP contribution in [0.15, 0.2) is 30.4 Å². The van der Waals surface area contributed by atoms with Crippen LogP contribution in [0.1, 0.15) is 69.8 Å². The van der Waals surface area contributed by atoms with Crippen LogP contribution in [0.2, 0.25) is 0 Å². The van der Waals surface area contributed by atoms with Gasteiger partial charge in [0.1, 0.15) is 11.7 Å². The quantitative estimate of drug-likeness (QED) is 0.0967. The van der Waals surface area contributed by atoms with E-state index in [1.165, 1.54) is 6.07 Å². The summed E-state index contributed by atoms with van der Waals surface area (Å²) in [6.45, 7) is 9.28. The van der Waals surface area contributed by atoms with Crippen molar-refractivity contribution in [2.75, 3.05) is 18.5 Å². The number of carbonyl (C=O) groups excluding carboxylic acids is 1. The molecule has 0 aromatic heterocycles. The molecule has 2 heterocycles. The van der Waals surface area contributed by atoms with Gasteiger partial charge in [0.2, 0.25) is 0 Å². The summed E-state index contributed by atoms with van der Waals surface area (Å²) in [5, 5.41) is 12.4. The number of anilines is 1. The number of esters is 1. The second-order valence-electron chi connectivity index (χ2n) is 8.79. The van der Waals surface area contributed by atoms with E-state index in [0.29, 0.717) is 30.5 Å². The number of benzene rings is 1. The Kier molecular flexibility index (Phi) is 11.8. The zero-order chi connectivity index (χ0) is 27.6. The van der Waals surface area contributed by atoms with Gasteiger partial charge in [-0.05, 0) is 45.2 Å². The van der Waals surface area contributed by atoms with Crippen LogP contribution >= 0.6 is 7.82 Å². The molecule has 37 heavy (non-hydrogen) atoms. The van der Waals surface area contributed by atoms with E-state index in [-0.39, 0.29) is 36.7 Å². The van der Waals surface area contributed by atoms with Gasteiger partial charge in [0.25, 0.3) is 0 Å². The van der Waals surface area contributed by atoms with E-state index < -0.39 is 25.7 Å². The topological polar surface area (TPSA) is 153 Å². The molecule has 0 saturated carbocycles. The van der Waals surface area contributed by atoms with Gasteiger partial charge in [-0.3, -0.25) is 4.52 Å². The Hall–Kier alpha value is -2.24. The number of phosphoric acid groups is 1. The maximum absolute atomic E-state index is 13.0. The van der Waals surface area contributed by atoms with Crippen LogP contribution in [0.25, 0.3) is 6.08 Å². The lowest BCUT2D eigenvalue weighted by atomic mass is 10.0. The second-order valence-corrected chi connectivity index (χ2v) is 10.0. The normalized spacial score (nSPS) is 25.3. The highest BCUT2D eigenvalue weighted by molar-refractivity contribution is 7.46. The van der Waals surface area contributed by atoms with E-state index in [9.17, 15) is 14.6 Å². The van der Waals surface area contributed by atoms with Gasteiger partial charge >= 0.3 is 13.8 Å². The van der Waals surface area contributed by atoms with Crippen LogP contribution in [0, 0.1) is 0 Å². The van der Waals surface area contributed by atoms with Crippen molar-refractivity contribution in [3.8, 4) is 5.75 Å². The molecule has 2 aliphatic rings. The Bertz CT molecular complexity index is 1000. The third kappa shape index (κ3) is 9.86. The highest BCUT2D eigenvalue weighted by atomic mass is 31.2. The number of phosphoric ester groups is 1. The molecule has 0 bridgehead atoms. The Morgan fingerprint density at radius 1 is 1.08 bits per heavy atom. The molecule has 2 aliphatic heterocycles. The molecule has 3 unspecified atom stereocenters. The molecule has 3 atom stereocenters. The third-order valence-electron chi connectivity index (χ3n) is 5.39. The van der Waals surface area contributed by atoms with Crippen LogP contribution in [0.4, 0.5) is 5.69 Å². The summed E-state index contributed by atoms with van der Waals surface area (Å²) in [5.74, 6) is -1.51. The maximum atomic E-state index is 13.0. The van der Waals surface area contributed by atoms with E-state index in [1.54, 1.807) is 19.1 Å². The first-order chi connectivity index (χ1) is 17.5. The number of hydrogen-bond donors (Lipinski definition) is 4. The van der Waals surface area contributed by atoms with Gasteiger partial charge in [-0.1, -0.05) is 38.2 Å². The average Bonchev–Trinajstić information content (AvgIpc) is 3.12. The predicted octanol–water partition coefficient (Wildman–Crippen LogP) is 4.90. The van der Waals surface area contributed by atoms with Crippen molar-refractivity contribution in [2.24, 2.45) is 0 Å². The Balaban J connectivity index is 0.00000235. The molecule has 208 valence electrons. The van der Waals surface area contributed by atoms with Gasteiger partial charge in [-0.2, -0.15) is 0 Å². The fourth-order valence-corrected chi connectivity index (χ4v) is 4.30. The Labute approximate surface area is 217 Å². The van der Waals surface area contributed by atoms with E-state index in [0.717, 1.165) is 0 Å². The van der Waals surface area contributed by atoms with E-state index in [2.05, 4.69) is 14.7 Å². The van der Waals surface area contributed by atoms with Crippen LogP contribution < -0.4 is 10.2 Å². The molecule has 12 heteroatoms. The molecule has 1 aromatic rings. The standard InChI is InChI=1S/C23H32NO10P.C2H6/c1-15-7-4-5-9-18-19(33-23(2,3)32-18)10-6-8-16-13-17(24-11-12-30-35(27,28)29)14-20(34-26)21(16)22(25)31-15;1-2/h4-6,8,13-15,18-19,24,26H,7,9-12H2,1-3H3,(H2,27,28,29);1-2H3/b5-4-,8-6+;. The summed E-state index contributed by atoms with van der Waals surface area (Å²) < 4.78 is 32.9. The van der Waals surface area contributed by atoms with Gasteiger partial charge in [-0.25, -0.2) is 14.6 Å². The fourth-order valence-electron chi connectivity index (χ4n) is 3.97. The van der Waals surface area contributed by atoms with Crippen molar-refractivity contribution in [3.05, 3.63) is 41.5 Å². The van der Waals surface area contributed by atoms with E-state index >= 15 is 0 Å². The van der Waals surface area contributed by atoms with Gasteiger partial charge in [0, 0.05) is 24.7 Å². The minimum Gasteiger partial charge on any atom is -0.459 e. The molecule has 1 fully saturated rings. The third-order valence-corrected chi connectivity index (χ3v) is 5.91. The number of carbonyl (C=O) groups is 1. The smallest absolute Gasteiger partial charge is 0.459 e. The van der Waals surface area contributed by atoms with E-state index in [4.69, 9.17) is 24.0 Å². The maximum Gasteiger partial charge on any atom is 0.469 e. The number of fused-ring (bicyclic) bond motifs is 2. The van der Waals surface area contributed by atoms with Crippen LogP contribution in [-0.4, -0.2) is 58.3 Å². The minimum absolute atomic E-state index is 0.0362. The summed E-state index contributed by atoms with van der Waals surface area (Å²) >= 11 is 0. The molecule has 0 radical (unpaired) electrons. The molecule has 0 aliphatic carbocycles. The highest BCUT2D eigenvalue weighted by Crippen LogP contribution is 2.36. The summed E-state index contributed by atoms with van der Waals surface area (Å²) in [6.07, 6.45) is 8.38. The van der Waals surface area contributed by atoms with Gasteiger partial charge < -0.3 is 34.2 Å². The first kappa shape index (κ1) is 31.0. The van der Waals surface area contributed by atoms with Crippen molar-refractivity contribution in [1.82, 2.24) is 0 Å². The number of ether oxygens (including phenoxy) is 3. The molecule has 0 spiro atoms. The first-order valence-electron chi connectivity index (χ1n) is 12.3. The molecule has 4 N–H and O–H groups in total. The van der Waals surface area contributed by atoms with Gasteiger partial charge in [0.15, 0.2) is 11.5 Å². The minimum atomic E-state index is -4.59. The number of hydrogen-bond acceptors (Lipinski definition) is 9. The highest BCUT2D eigenvalue weighted by Gasteiger charge is 2.39. The predicted molar refractivity (Wildman–Crippen MR) is 138 cm³/mol. The van der Waals surface area contributed by atoms with Crippen molar-refractivity contribution in [1.29, 1.82) is 0 Å². The monoisotopic (exact) mass is 543 g/mol. The van der Waals surface area contributed by atoms with Crippen LogP contribution in [0.3, 0.4) is 0 Å². The van der Waals surface area contributed by atoms with Crippen LogP contribution in [-0.2, 0) is 23.3 Å². The van der Waals surface area contributed by atoms with E-state index in [1.807, 2.05) is 45.9 Å². The molecule has 0 amide bonds. The molecule has 1 saturated heterocycles. The fraction of sp³-hybridized carbons (Fsp3) is 0.560. The summed E-state index contributed by atoms with van der Waals surface area (Å²) in [5.41, 5.74) is 0.875. The lowest BCUT2D eigenvalue weighted by Crippen LogP contribution is -2.21. The largest absolute Gasteiger partial charge is 0.469 e. The Morgan fingerprint density at radius 3 is 2.32 bits per heavy atom. The lowest BCUT2D eigenvalue weighted by Gasteiger charge is -2.17. The Morgan fingerprint density at radius 2 is 1.70 bits per heavy atom. The summed E-state index contributed by atoms with van der Waals surface area (Å²) in [6, 6.07) is 3.02. The zero-order valence-corrected chi connectivity index (χ0v) is 22.8. The molecular formula is C25H38NO10P. The second kappa shape index (κ2) is 14.1. The first-order valence-corrected chi connectivity index (χ1v) is 13.8. The van der Waals surface area contributed by atoms with Crippen molar-refractivity contribution in [3.63, 3.8) is 0 Å². The summed E-state index contributed by atoms with van der Waals surface area (Å²) in [4.78, 5) is 35.1. The SMILES string of the molecule is CC.CC1C/C=C\CC2OC(C)(C)OC2C/C=C/c2cc(NCCOP(=O)(O)O)cc(OO)c2C(=O)O1. The average molecular weight is 544 g/mol. The van der Waals surface area contributed by atoms with Crippen molar-refractivity contribution < 1.29 is 48.0 Å². The number of cyclic esters (lactones) is 1. The molecule has 11 nitrogen and oxygen atoms in total. The summed E-state index contributed by atoms with van der Waals surface area (Å²) in [7, 11) is -4.59. The molecular weight excluding hydrogens is 505 g/mol. The zero-order valence-electron chi connectivity index (χ0n) is 21.9. The molecule has 1 aromatic carbocycles. The number of rotatable bonds is 6. The lowest BCUT2D eigenvalue weighted by molar-refractivity contribution is -0.145. The van der Waals surface area contributed by atoms with Crippen LogP contribution in [0.5, 0.6) is 5.75 Å². The molecule has 3 rings (SSSR count). The van der Waals surface area contributed by atoms with Crippen molar-refractivity contribution in [2.45, 2.75) is 78.0 Å².